The first kappa shape index (κ1) is 19.0. The van der Waals surface area contributed by atoms with Crippen LogP contribution >= 0.6 is 0 Å². The number of para-hydroxylation sites is 2. The molecule has 1 saturated heterocycles. The number of hydrogen-bond acceptors (Lipinski definition) is 5. The summed E-state index contributed by atoms with van der Waals surface area (Å²) in [4.78, 5) is 19.0. The second-order valence-corrected chi connectivity index (χ2v) is 6.64. The van der Waals surface area contributed by atoms with Gasteiger partial charge in [0.05, 0.1) is 19.0 Å². The predicted molar refractivity (Wildman–Crippen MR) is 107 cm³/mol. The molecule has 0 spiro atoms. The lowest BCUT2D eigenvalue weighted by atomic mass is 9.99. The largest absolute Gasteiger partial charge is 0.493 e. The van der Waals surface area contributed by atoms with Crippen LogP contribution in [0.1, 0.15) is 32.6 Å². The summed E-state index contributed by atoms with van der Waals surface area (Å²) in [5.41, 5.74) is 1.12. The Hall–Kier alpha value is -2.76. The van der Waals surface area contributed by atoms with E-state index in [1.54, 1.807) is 19.2 Å². The third-order valence-electron chi connectivity index (χ3n) is 4.87. The second-order valence-electron chi connectivity index (χ2n) is 6.64. The Morgan fingerprint density at radius 1 is 1.22 bits per heavy atom. The van der Waals surface area contributed by atoms with E-state index < -0.39 is 0 Å². The van der Waals surface area contributed by atoms with Crippen molar-refractivity contribution >= 4 is 17.4 Å². The molecule has 0 saturated carbocycles. The molecule has 1 fully saturated rings. The van der Waals surface area contributed by atoms with Gasteiger partial charge in [-0.05, 0) is 49.9 Å². The summed E-state index contributed by atoms with van der Waals surface area (Å²) in [5, 5.41) is 2.77. The minimum absolute atomic E-state index is 0.103. The van der Waals surface area contributed by atoms with E-state index in [0.29, 0.717) is 23.4 Å². The quantitative estimate of drug-likeness (QED) is 0.802. The highest BCUT2D eigenvalue weighted by molar-refractivity contribution is 5.91. The van der Waals surface area contributed by atoms with Crippen molar-refractivity contribution in [2.24, 2.45) is 0 Å². The van der Waals surface area contributed by atoms with E-state index in [-0.39, 0.29) is 12.5 Å². The molecule has 1 aliphatic heterocycles. The van der Waals surface area contributed by atoms with Crippen molar-refractivity contribution in [3.8, 4) is 11.5 Å². The van der Waals surface area contributed by atoms with Gasteiger partial charge in [-0.2, -0.15) is 0 Å². The van der Waals surface area contributed by atoms with Crippen LogP contribution in [0.3, 0.4) is 0 Å². The molecule has 0 aliphatic carbocycles. The summed E-state index contributed by atoms with van der Waals surface area (Å²) in [6.45, 7) is 3.19. The minimum Gasteiger partial charge on any atom is -0.493 e. The number of rotatable bonds is 7. The van der Waals surface area contributed by atoms with Crippen LogP contribution in [0.2, 0.25) is 0 Å². The molecule has 1 aromatic carbocycles. The zero-order valence-electron chi connectivity index (χ0n) is 16.0. The molecule has 1 aromatic heterocycles. The van der Waals surface area contributed by atoms with Crippen LogP contribution in [0.5, 0.6) is 11.5 Å². The number of carbonyl (C=O) groups excluding carboxylic acids is 1. The first-order valence-electron chi connectivity index (χ1n) is 9.49. The first-order valence-corrected chi connectivity index (χ1v) is 9.49. The van der Waals surface area contributed by atoms with Crippen molar-refractivity contribution in [1.29, 1.82) is 0 Å². The lowest BCUT2D eigenvalue weighted by Crippen LogP contribution is -2.39. The highest BCUT2D eigenvalue weighted by Gasteiger charge is 2.21. The van der Waals surface area contributed by atoms with Crippen molar-refractivity contribution in [3.63, 3.8) is 0 Å². The molecule has 1 amide bonds. The van der Waals surface area contributed by atoms with Crippen molar-refractivity contribution in [3.05, 3.63) is 42.6 Å². The molecule has 1 aliphatic rings. The number of carbonyl (C=O) groups is 1. The van der Waals surface area contributed by atoms with E-state index in [1.165, 1.54) is 19.3 Å². The van der Waals surface area contributed by atoms with E-state index in [1.807, 2.05) is 30.5 Å². The van der Waals surface area contributed by atoms with Gasteiger partial charge in [0.1, 0.15) is 5.82 Å². The summed E-state index contributed by atoms with van der Waals surface area (Å²) in [7, 11) is 1.57. The molecule has 6 nitrogen and oxygen atoms in total. The maximum atomic E-state index is 12.1. The van der Waals surface area contributed by atoms with Gasteiger partial charge in [0.2, 0.25) is 0 Å². The summed E-state index contributed by atoms with van der Waals surface area (Å²) in [6, 6.07) is 11.7. The number of aromatic nitrogens is 1. The number of ether oxygens (including phenoxy) is 2. The van der Waals surface area contributed by atoms with Crippen molar-refractivity contribution < 1.29 is 14.3 Å². The molecule has 1 atom stereocenters. The molecule has 3 rings (SSSR count). The normalized spacial score (nSPS) is 16.7. The van der Waals surface area contributed by atoms with Crippen LogP contribution in [0.25, 0.3) is 0 Å². The van der Waals surface area contributed by atoms with Crippen molar-refractivity contribution in [2.75, 3.05) is 30.5 Å². The number of nitrogens with one attached hydrogen (secondary N) is 1. The fourth-order valence-corrected chi connectivity index (χ4v) is 3.46. The number of benzene rings is 1. The molecule has 2 aromatic rings. The Labute approximate surface area is 160 Å². The molecule has 6 heteroatoms. The molecule has 27 heavy (non-hydrogen) atoms. The Morgan fingerprint density at radius 2 is 2.04 bits per heavy atom. The zero-order valence-corrected chi connectivity index (χ0v) is 16.0. The number of pyridine rings is 1. The monoisotopic (exact) mass is 369 g/mol. The van der Waals surface area contributed by atoms with Crippen molar-refractivity contribution in [2.45, 2.75) is 38.6 Å². The average Bonchev–Trinajstić information content (AvgIpc) is 2.73. The molecular weight excluding hydrogens is 342 g/mol. The smallest absolute Gasteiger partial charge is 0.263 e. The highest BCUT2D eigenvalue weighted by Crippen LogP contribution is 2.27. The molecule has 1 N–H and O–H groups in total. The second kappa shape index (κ2) is 9.26. The minimum atomic E-state index is -0.259. The summed E-state index contributed by atoms with van der Waals surface area (Å²) < 4.78 is 10.7. The maximum absolute atomic E-state index is 12.1. The van der Waals surface area contributed by atoms with Gasteiger partial charge in [0.15, 0.2) is 18.1 Å². The van der Waals surface area contributed by atoms with E-state index in [9.17, 15) is 4.79 Å². The lowest BCUT2D eigenvalue weighted by molar-refractivity contribution is -0.118. The van der Waals surface area contributed by atoms with Gasteiger partial charge in [0.25, 0.3) is 5.91 Å². The Balaban J connectivity index is 1.55. The van der Waals surface area contributed by atoms with Crippen LogP contribution < -0.4 is 19.7 Å². The summed E-state index contributed by atoms with van der Waals surface area (Å²) in [6.07, 6.45) is 6.72. The first-order chi connectivity index (χ1) is 13.2. The third kappa shape index (κ3) is 4.90. The Morgan fingerprint density at radius 3 is 2.74 bits per heavy atom. The highest BCUT2D eigenvalue weighted by atomic mass is 16.5. The van der Waals surface area contributed by atoms with E-state index in [4.69, 9.17) is 9.47 Å². The van der Waals surface area contributed by atoms with Gasteiger partial charge in [-0.15, -0.1) is 0 Å². The fraction of sp³-hybridized carbons (Fsp3) is 0.429. The van der Waals surface area contributed by atoms with Gasteiger partial charge >= 0.3 is 0 Å². The number of hydrogen-bond donors (Lipinski definition) is 1. The topological polar surface area (TPSA) is 63.7 Å². The van der Waals surface area contributed by atoms with Gasteiger partial charge in [-0.25, -0.2) is 4.98 Å². The molecule has 2 heterocycles. The molecule has 144 valence electrons. The molecule has 1 unspecified atom stereocenters. The van der Waals surface area contributed by atoms with Gasteiger partial charge in [0, 0.05) is 12.6 Å². The Bertz CT molecular complexity index is 749. The predicted octanol–water partition coefficient (Wildman–Crippen LogP) is 3.88. The number of nitrogens with zero attached hydrogens (tertiary/aromatic N) is 2. The SMILES string of the molecule is CCC1CCCCN1c1ccc(NC(=O)COc2ccccc2OC)nc1. The van der Waals surface area contributed by atoms with Gasteiger partial charge in [-0.1, -0.05) is 19.1 Å². The van der Waals surface area contributed by atoms with E-state index in [0.717, 1.165) is 18.7 Å². The number of methoxy groups -OCH3 is 1. The van der Waals surface area contributed by atoms with E-state index >= 15 is 0 Å². The Kier molecular flexibility index (Phi) is 6.52. The van der Waals surface area contributed by atoms with Crippen molar-refractivity contribution in [1.82, 2.24) is 4.98 Å². The average molecular weight is 369 g/mol. The number of anilines is 2. The third-order valence-corrected chi connectivity index (χ3v) is 4.87. The summed E-state index contributed by atoms with van der Waals surface area (Å²) >= 11 is 0. The van der Waals surface area contributed by atoms with Crippen LogP contribution in [-0.2, 0) is 4.79 Å². The maximum Gasteiger partial charge on any atom is 0.263 e. The van der Waals surface area contributed by atoms with Crippen LogP contribution in [0, 0.1) is 0 Å². The van der Waals surface area contributed by atoms with Crippen LogP contribution in [0.15, 0.2) is 42.6 Å². The molecule has 0 radical (unpaired) electrons. The lowest BCUT2D eigenvalue weighted by Gasteiger charge is -2.37. The fourth-order valence-electron chi connectivity index (χ4n) is 3.46. The standard InChI is InChI=1S/C21H27N3O3/c1-3-16-8-6-7-13-24(16)17-11-12-20(22-14-17)23-21(25)15-27-19-10-5-4-9-18(19)26-2/h4-5,9-12,14,16H,3,6-8,13,15H2,1-2H3,(H,22,23,25). The number of piperidine rings is 1. The van der Waals surface area contributed by atoms with Gasteiger partial charge in [-0.3, -0.25) is 4.79 Å². The number of amides is 1. The van der Waals surface area contributed by atoms with Crippen LogP contribution in [0.4, 0.5) is 11.5 Å². The van der Waals surface area contributed by atoms with Crippen LogP contribution in [-0.4, -0.2) is 37.2 Å². The summed E-state index contributed by atoms with van der Waals surface area (Å²) in [5.74, 6) is 1.40. The zero-order chi connectivity index (χ0) is 19.1. The van der Waals surface area contributed by atoms with Gasteiger partial charge < -0.3 is 19.7 Å². The molecular formula is C21H27N3O3. The van der Waals surface area contributed by atoms with E-state index in [2.05, 4.69) is 22.1 Å². The molecule has 0 bridgehead atoms.